The van der Waals surface area contributed by atoms with Crippen LogP contribution in [0.2, 0.25) is 0 Å². The molecule has 0 aliphatic carbocycles. The Kier molecular flexibility index (Phi) is 4.54. The van der Waals surface area contributed by atoms with Crippen molar-refractivity contribution in [2.24, 2.45) is 0 Å². The van der Waals surface area contributed by atoms with Crippen LogP contribution in [0.3, 0.4) is 0 Å². The molecule has 3 aromatic rings. The molecule has 124 valence electrons. The van der Waals surface area contributed by atoms with Gasteiger partial charge < -0.3 is 10.1 Å². The van der Waals surface area contributed by atoms with E-state index in [1.807, 2.05) is 0 Å². The summed E-state index contributed by atoms with van der Waals surface area (Å²) >= 11 is 2.80. The first kappa shape index (κ1) is 15.7. The number of ether oxygens (including phenoxy) is 1. The van der Waals surface area contributed by atoms with Gasteiger partial charge in [0.15, 0.2) is 4.34 Å². The highest BCUT2D eigenvalue weighted by atomic mass is 32.2. The smallest absolute Gasteiger partial charge is 0.206 e. The number of hydrogen-bond acceptors (Lipinski definition) is 8. The molecule has 0 radical (unpaired) electrons. The lowest BCUT2D eigenvalue weighted by Crippen LogP contribution is -2.18. The van der Waals surface area contributed by atoms with E-state index in [1.54, 1.807) is 6.07 Å². The number of fused-ring (bicyclic) bond motifs is 1. The van der Waals surface area contributed by atoms with Crippen LogP contribution in [-0.4, -0.2) is 39.4 Å². The SMILES string of the molecule is Fc1ccc2ncnc(Sc3nnc(NCC4CCCO4)s3)c2c1. The van der Waals surface area contributed by atoms with Gasteiger partial charge >= 0.3 is 0 Å². The van der Waals surface area contributed by atoms with E-state index < -0.39 is 0 Å². The van der Waals surface area contributed by atoms with Gasteiger partial charge in [-0.05, 0) is 42.8 Å². The standard InChI is InChI=1S/C15H14FN5OS2/c16-9-3-4-12-11(6-9)13(19-8-18-12)23-15-21-20-14(24-15)17-7-10-2-1-5-22-10/h3-4,6,8,10H,1-2,5,7H2,(H,17,20). The van der Waals surface area contributed by atoms with Crippen molar-refractivity contribution in [1.82, 2.24) is 20.2 Å². The molecule has 1 fully saturated rings. The molecule has 1 atom stereocenters. The van der Waals surface area contributed by atoms with Crippen molar-refractivity contribution in [1.29, 1.82) is 0 Å². The molecule has 1 aliphatic rings. The van der Waals surface area contributed by atoms with Gasteiger partial charge in [0.1, 0.15) is 17.2 Å². The summed E-state index contributed by atoms with van der Waals surface area (Å²) < 4.78 is 19.8. The third-order valence-electron chi connectivity index (χ3n) is 3.66. The zero-order valence-corrected chi connectivity index (χ0v) is 14.2. The van der Waals surface area contributed by atoms with E-state index in [-0.39, 0.29) is 11.9 Å². The summed E-state index contributed by atoms with van der Waals surface area (Å²) in [6.07, 6.45) is 3.91. The zero-order chi connectivity index (χ0) is 16.4. The fourth-order valence-electron chi connectivity index (χ4n) is 2.50. The molecule has 1 saturated heterocycles. The first-order chi connectivity index (χ1) is 11.8. The second kappa shape index (κ2) is 6.96. The monoisotopic (exact) mass is 363 g/mol. The second-order valence-corrected chi connectivity index (χ2v) is 7.54. The molecule has 3 heterocycles. The quantitative estimate of drug-likeness (QED) is 0.697. The molecule has 0 spiro atoms. The summed E-state index contributed by atoms with van der Waals surface area (Å²) in [6.45, 7) is 1.57. The van der Waals surface area contributed by atoms with Gasteiger partial charge in [-0.25, -0.2) is 14.4 Å². The number of nitrogens with zero attached hydrogens (tertiary/aromatic N) is 4. The van der Waals surface area contributed by atoms with Crippen molar-refractivity contribution in [2.75, 3.05) is 18.5 Å². The van der Waals surface area contributed by atoms with Crippen LogP contribution in [0.4, 0.5) is 9.52 Å². The maximum absolute atomic E-state index is 13.5. The number of nitrogens with one attached hydrogen (secondary N) is 1. The minimum absolute atomic E-state index is 0.249. The normalized spacial score (nSPS) is 17.5. The second-order valence-electron chi connectivity index (χ2n) is 5.33. The average Bonchev–Trinajstić information content (AvgIpc) is 3.25. The Balaban J connectivity index is 1.48. The van der Waals surface area contributed by atoms with Crippen molar-refractivity contribution in [3.63, 3.8) is 0 Å². The van der Waals surface area contributed by atoms with E-state index in [2.05, 4.69) is 25.5 Å². The highest BCUT2D eigenvalue weighted by molar-refractivity contribution is 8.01. The predicted molar refractivity (Wildman–Crippen MR) is 91.0 cm³/mol. The predicted octanol–water partition coefficient (Wildman–Crippen LogP) is 3.36. The van der Waals surface area contributed by atoms with Crippen LogP contribution in [0.25, 0.3) is 10.9 Å². The van der Waals surface area contributed by atoms with E-state index in [0.717, 1.165) is 35.5 Å². The van der Waals surface area contributed by atoms with Gasteiger partial charge in [0, 0.05) is 18.5 Å². The van der Waals surface area contributed by atoms with Crippen LogP contribution in [0.5, 0.6) is 0 Å². The van der Waals surface area contributed by atoms with Crippen LogP contribution in [0.1, 0.15) is 12.8 Å². The molecular weight excluding hydrogens is 349 g/mol. The van der Waals surface area contributed by atoms with E-state index in [1.165, 1.54) is 41.6 Å². The molecule has 0 bridgehead atoms. The van der Waals surface area contributed by atoms with Gasteiger partial charge in [0.05, 0.1) is 11.6 Å². The van der Waals surface area contributed by atoms with Crippen molar-refractivity contribution in [3.05, 3.63) is 30.3 Å². The topological polar surface area (TPSA) is 72.8 Å². The summed E-state index contributed by atoms with van der Waals surface area (Å²) in [7, 11) is 0. The van der Waals surface area contributed by atoms with E-state index in [4.69, 9.17) is 4.74 Å². The van der Waals surface area contributed by atoms with Crippen LogP contribution in [-0.2, 0) is 4.74 Å². The number of benzene rings is 1. The van der Waals surface area contributed by atoms with E-state index >= 15 is 0 Å². The summed E-state index contributed by atoms with van der Waals surface area (Å²) in [5, 5.41) is 13.6. The Morgan fingerprint density at radius 3 is 3.17 bits per heavy atom. The van der Waals surface area contributed by atoms with Crippen LogP contribution < -0.4 is 5.32 Å². The highest BCUT2D eigenvalue weighted by Gasteiger charge is 2.16. The van der Waals surface area contributed by atoms with E-state index in [0.29, 0.717) is 15.9 Å². The summed E-state index contributed by atoms with van der Waals surface area (Å²) in [6, 6.07) is 4.47. The van der Waals surface area contributed by atoms with Gasteiger partial charge in [-0.2, -0.15) is 0 Å². The summed E-state index contributed by atoms with van der Waals surface area (Å²) in [5.41, 5.74) is 0.704. The molecule has 1 aliphatic heterocycles. The number of anilines is 1. The zero-order valence-electron chi connectivity index (χ0n) is 12.6. The average molecular weight is 363 g/mol. The third-order valence-corrected chi connectivity index (χ3v) is 5.61. The first-order valence-corrected chi connectivity index (χ1v) is 9.18. The maximum atomic E-state index is 13.5. The van der Waals surface area contributed by atoms with Crippen LogP contribution in [0, 0.1) is 5.82 Å². The van der Waals surface area contributed by atoms with Crippen molar-refractivity contribution >= 4 is 39.1 Å². The molecule has 1 N–H and O–H groups in total. The first-order valence-electron chi connectivity index (χ1n) is 7.55. The number of halogens is 1. The third kappa shape index (κ3) is 3.47. The van der Waals surface area contributed by atoms with Crippen molar-refractivity contribution < 1.29 is 9.13 Å². The highest BCUT2D eigenvalue weighted by Crippen LogP contribution is 2.34. The van der Waals surface area contributed by atoms with Crippen LogP contribution in [0.15, 0.2) is 33.9 Å². The molecule has 4 rings (SSSR count). The van der Waals surface area contributed by atoms with Gasteiger partial charge in [-0.15, -0.1) is 10.2 Å². The molecule has 0 amide bonds. The largest absolute Gasteiger partial charge is 0.376 e. The lowest BCUT2D eigenvalue weighted by molar-refractivity contribution is 0.120. The summed E-state index contributed by atoms with van der Waals surface area (Å²) in [5.74, 6) is -0.310. The molecule has 6 nitrogen and oxygen atoms in total. The van der Waals surface area contributed by atoms with Gasteiger partial charge in [0.2, 0.25) is 5.13 Å². The maximum Gasteiger partial charge on any atom is 0.206 e. The Morgan fingerprint density at radius 1 is 1.33 bits per heavy atom. The molecule has 1 aromatic carbocycles. The number of aromatic nitrogens is 4. The summed E-state index contributed by atoms with van der Waals surface area (Å²) in [4.78, 5) is 8.40. The number of rotatable bonds is 5. The molecular formula is C15H14FN5OS2. The minimum atomic E-state index is -0.310. The van der Waals surface area contributed by atoms with Crippen molar-refractivity contribution in [3.8, 4) is 0 Å². The Bertz CT molecular complexity index is 853. The Hall–Kier alpha value is -1.84. The van der Waals surface area contributed by atoms with E-state index in [9.17, 15) is 4.39 Å². The number of hydrogen-bond donors (Lipinski definition) is 1. The molecule has 24 heavy (non-hydrogen) atoms. The Morgan fingerprint density at radius 2 is 2.29 bits per heavy atom. The lowest BCUT2D eigenvalue weighted by Gasteiger charge is -2.08. The van der Waals surface area contributed by atoms with Crippen LogP contribution >= 0.6 is 23.1 Å². The molecule has 0 saturated carbocycles. The van der Waals surface area contributed by atoms with Crippen molar-refractivity contribution in [2.45, 2.75) is 28.3 Å². The minimum Gasteiger partial charge on any atom is -0.376 e. The van der Waals surface area contributed by atoms with Gasteiger partial charge in [0.25, 0.3) is 0 Å². The molecule has 2 aromatic heterocycles. The fourth-order valence-corrected chi connectivity index (χ4v) is 4.24. The lowest BCUT2D eigenvalue weighted by atomic mass is 10.2. The van der Waals surface area contributed by atoms with Gasteiger partial charge in [-0.1, -0.05) is 11.3 Å². The molecule has 1 unspecified atom stereocenters. The fraction of sp³-hybridized carbons (Fsp3) is 0.333. The Labute approximate surface area is 145 Å². The van der Waals surface area contributed by atoms with Gasteiger partial charge in [-0.3, -0.25) is 0 Å². The molecule has 9 heteroatoms.